The maximum Gasteiger partial charge on any atom is -0.00186 e. The van der Waals surface area contributed by atoms with E-state index in [-0.39, 0.29) is 0 Å². The van der Waals surface area contributed by atoms with E-state index in [9.17, 15) is 0 Å². The SMILES string of the molecule is CCCCCCCCN(C)CCCc1ccccc1. The first-order valence-electron chi connectivity index (χ1n) is 8.05. The minimum Gasteiger partial charge on any atom is -0.306 e. The molecule has 0 saturated heterocycles. The summed E-state index contributed by atoms with van der Waals surface area (Å²) in [6.45, 7) is 4.77. The third-order valence-corrected chi connectivity index (χ3v) is 3.74. The summed E-state index contributed by atoms with van der Waals surface area (Å²) >= 11 is 0. The van der Waals surface area contributed by atoms with Crippen molar-refractivity contribution in [3.8, 4) is 0 Å². The molecule has 1 heteroatoms. The Morgan fingerprint density at radius 2 is 1.42 bits per heavy atom. The Bertz CT molecular complexity index is 294. The van der Waals surface area contributed by atoms with Gasteiger partial charge >= 0.3 is 0 Å². The van der Waals surface area contributed by atoms with E-state index in [0.29, 0.717) is 0 Å². The zero-order valence-electron chi connectivity index (χ0n) is 12.9. The third-order valence-electron chi connectivity index (χ3n) is 3.74. The Morgan fingerprint density at radius 1 is 0.789 bits per heavy atom. The molecule has 1 nitrogen and oxygen atoms in total. The fourth-order valence-corrected chi connectivity index (χ4v) is 2.47. The molecule has 0 unspecified atom stereocenters. The van der Waals surface area contributed by atoms with E-state index < -0.39 is 0 Å². The summed E-state index contributed by atoms with van der Waals surface area (Å²) in [7, 11) is 2.26. The summed E-state index contributed by atoms with van der Waals surface area (Å²) in [5.74, 6) is 0. The molecule has 19 heavy (non-hydrogen) atoms. The maximum absolute atomic E-state index is 2.49. The molecule has 0 saturated carbocycles. The summed E-state index contributed by atoms with van der Waals surface area (Å²) in [6, 6.07) is 10.8. The molecule has 0 aliphatic rings. The fourth-order valence-electron chi connectivity index (χ4n) is 2.47. The summed E-state index contributed by atoms with van der Waals surface area (Å²) < 4.78 is 0. The standard InChI is InChI=1S/C18H31N/c1-3-4-5-6-7-11-16-19(2)17-12-15-18-13-9-8-10-14-18/h8-10,13-14H,3-7,11-12,15-17H2,1-2H3. The lowest BCUT2D eigenvalue weighted by Crippen LogP contribution is -2.21. The van der Waals surface area contributed by atoms with E-state index in [1.165, 1.54) is 70.0 Å². The second-order valence-electron chi connectivity index (χ2n) is 5.66. The van der Waals surface area contributed by atoms with Crippen molar-refractivity contribution in [1.29, 1.82) is 0 Å². The number of unbranched alkanes of at least 4 members (excludes halogenated alkanes) is 5. The van der Waals surface area contributed by atoms with Gasteiger partial charge in [-0.25, -0.2) is 0 Å². The first-order valence-corrected chi connectivity index (χ1v) is 8.05. The van der Waals surface area contributed by atoms with Gasteiger partial charge in [-0.3, -0.25) is 0 Å². The minimum atomic E-state index is 1.21. The highest BCUT2D eigenvalue weighted by molar-refractivity contribution is 5.14. The maximum atomic E-state index is 2.49. The number of hydrogen-bond acceptors (Lipinski definition) is 1. The summed E-state index contributed by atoms with van der Waals surface area (Å²) in [5, 5.41) is 0. The predicted octanol–water partition coefficient (Wildman–Crippen LogP) is 4.91. The molecule has 1 rings (SSSR count). The van der Waals surface area contributed by atoms with Crippen LogP contribution in [0.4, 0.5) is 0 Å². The van der Waals surface area contributed by atoms with Gasteiger partial charge < -0.3 is 4.90 Å². The molecule has 0 amide bonds. The molecule has 0 bridgehead atoms. The van der Waals surface area contributed by atoms with Crippen molar-refractivity contribution < 1.29 is 0 Å². The molecule has 0 spiro atoms. The van der Waals surface area contributed by atoms with Gasteiger partial charge in [0.05, 0.1) is 0 Å². The van der Waals surface area contributed by atoms with Crippen molar-refractivity contribution in [3.05, 3.63) is 35.9 Å². The lowest BCUT2D eigenvalue weighted by atomic mass is 10.1. The van der Waals surface area contributed by atoms with E-state index in [1.807, 2.05) is 0 Å². The smallest absolute Gasteiger partial charge is 0.00186 e. The van der Waals surface area contributed by atoms with Crippen LogP contribution < -0.4 is 0 Å². The quantitative estimate of drug-likeness (QED) is 0.511. The normalized spacial score (nSPS) is 11.1. The van der Waals surface area contributed by atoms with E-state index in [0.717, 1.165) is 0 Å². The van der Waals surface area contributed by atoms with Crippen molar-refractivity contribution >= 4 is 0 Å². The monoisotopic (exact) mass is 261 g/mol. The number of benzene rings is 1. The highest BCUT2D eigenvalue weighted by Crippen LogP contribution is 2.06. The molecule has 0 heterocycles. The van der Waals surface area contributed by atoms with E-state index in [1.54, 1.807) is 0 Å². The number of nitrogens with zero attached hydrogens (tertiary/aromatic N) is 1. The van der Waals surface area contributed by atoms with E-state index in [2.05, 4.69) is 49.2 Å². The van der Waals surface area contributed by atoms with Crippen LogP contribution in [0.1, 0.15) is 57.4 Å². The third kappa shape index (κ3) is 8.83. The Hall–Kier alpha value is -0.820. The Morgan fingerprint density at radius 3 is 2.16 bits per heavy atom. The molecular weight excluding hydrogens is 230 g/mol. The van der Waals surface area contributed by atoms with Gasteiger partial charge in [0, 0.05) is 0 Å². The molecular formula is C18H31N. The van der Waals surface area contributed by atoms with Crippen LogP contribution in [0, 0.1) is 0 Å². The lowest BCUT2D eigenvalue weighted by molar-refractivity contribution is 0.319. The average Bonchev–Trinajstić information content (AvgIpc) is 2.44. The minimum absolute atomic E-state index is 1.21. The molecule has 0 aliphatic heterocycles. The molecule has 108 valence electrons. The van der Waals surface area contributed by atoms with Gasteiger partial charge in [-0.2, -0.15) is 0 Å². The van der Waals surface area contributed by atoms with E-state index in [4.69, 9.17) is 0 Å². The molecule has 0 aromatic heterocycles. The average molecular weight is 261 g/mol. The molecule has 0 fully saturated rings. The first-order chi connectivity index (χ1) is 9.33. The summed E-state index contributed by atoms with van der Waals surface area (Å²) in [6.07, 6.45) is 10.9. The summed E-state index contributed by atoms with van der Waals surface area (Å²) in [4.78, 5) is 2.49. The van der Waals surface area contributed by atoms with Gasteiger partial charge in [0.2, 0.25) is 0 Å². The van der Waals surface area contributed by atoms with Crippen molar-refractivity contribution in [2.75, 3.05) is 20.1 Å². The van der Waals surface area contributed by atoms with Gasteiger partial charge in [0.15, 0.2) is 0 Å². The van der Waals surface area contributed by atoms with Crippen molar-refractivity contribution in [2.24, 2.45) is 0 Å². The number of hydrogen-bond donors (Lipinski definition) is 0. The topological polar surface area (TPSA) is 3.24 Å². The number of rotatable bonds is 11. The Labute approximate surface area is 120 Å². The van der Waals surface area contributed by atoms with Gasteiger partial charge in [0.25, 0.3) is 0 Å². The molecule has 0 N–H and O–H groups in total. The fraction of sp³-hybridized carbons (Fsp3) is 0.667. The van der Waals surface area contributed by atoms with E-state index >= 15 is 0 Å². The summed E-state index contributed by atoms with van der Waals surface area (Å²) in [5.41, 5.74) is 1.47. The van der Waals surface area contributed by atoms with Crippen molar-refractivity contribution in [3.63, 3.8) is 0 Å². The zero-order valence-corrected chi connectivity index (χ0v) is 12.9. The highest BCUT2D eigenvalue weighted by Gasteiger charge is 1.99. The second kappa shape index (κ2) is 11.0. The van der Waals surface area contributed by atoms with Crippen LogP contribution in [-0.4, -0.2) is 25.0 Å². The van der Waals surface area contributed by atoms with Crippen LogP contribution in [0.25, 0.3) is 0 Å². The van der Waals surface area contributed by atoms with Gasteiger partial charge in [-0.05, 0) is 45.0 Å². The van der Waals surface area contributed by atoms with Crippen molar-refractivity contribution in [1.82, 2.24) is 4.90 Å². The first kappa shape index (κ1) is 16.2. The molecule has 0 aliphatic carbocycles. The van der Waals surface area contributed by atoms with Crippen molar-refractivity contribution in [2.45, 2.75) is 58.3 Å². The predicted molar refractivity (Wildman–Crippen MR) is 85.6 cm³/mol. The van der Waals surface area contributed by atoms with Crippen LogP contribution >= 0.6 is 0 Å². The van der Waals surface area contributed by atoms with Crippen LogP contribution in [0.3, 0.4) is 0 Å². The molecule has 0 radical (unpaired) electrons. The second-order valence-corrected chi connectivity index (χ2v) is 5.66. The largest absolute Gasteiger partial charge is 0.306 e. The molecule has 0 atom stereocenters. The lowest BCUT2D eigenvalue weighted by Gasteiger charge is -2.16. The number of aryl methyl sites for hydroxylation is 1. The van der Waals surface area contributed by atoms with Crippen LogP contribution in [0.2, 0.25) is 0 Å². The van der Waals surface area contributed by atoms with Crippen LogP contribution in [-0.2, 0) is 6.42 Å². The van der Waals surface area contributed by atoms with Gasteiger partial charge in [-0.1, -0.05) is 69.4 Å². The van der Waals surface area contributed by atoms with Crippen LogP contribution in [0.15, 0.2) is 30.3 Å². The highest BCUT2D eigenvalue weighted by atomic mass is 15.1. The van der Waals surface area contributed by atoms with Gasteiger partial charge in [-0.15, -0.1) is 0 Å². The van der Waals surface area contributed by atoms with Gasteiger partial charge in [0.1, 0.15) is 0 Å². The van der Waals surface area contributed by atoms with Crippen LogP contribution in [0.5, 0.6) is 0 Å². The molecule has 1 aromatic rings. The Balaban J connectivity index is 1.94. The zero-order chi connectivity index (χ0) is 13.8. The molecule has 1 aromatic carbocycles. The Kier molecular flexibility index (Phi) is 9.44.